The number of esters is 1. The topological polar surface area (TPSA) is 55.8 Å². The average molecular weight is 397 g/mol. The molecule has 5 atom stereocenters. The summed E-state index contributed by atoms with van der Waals surface area (Å²) in [4.78, 5) is 11.3. The molecule has 0 unspecified atom stereocenters. The summed E-state index contributed by atoms with van der Waals surface area (Å²) in [6.07, 6.45) is 10.3. The van der Waals surface area contributed by atoms with Crippen molar-refractivity contribution in [3.8, 4) is 17.6 Å². The summed E-state index contributed by atoms with van der Waals surface area (Å²) in [6.45, 7) is 2.08. The Morgan fingerprint density at radius 2 is 2.10 bits per heavy atom. The Balaban J connectivity index is 1.63. The molecule has 2 aliphatic rings. The summed E-state index contributed by atoms with van der Waals surface area (Å²) in [5.41, 5.74) is 1.19. The first kappa shape index (κ1) is 21.5. The number of allylic oxidation sites excluding steroid dienone is 2. The summed E-state index contributed by atoms with van der Waals surface area (Å²) in [7, 11) is 1.35. The van der Waals surface area contributed by atoms with Gasteiger partial charge in [0, 0.05) is 5.92 Å². The van der Waals surface area contributed by atoms with E-state index in [1.54, 1.807) is 0 Å². The molecule has 1 saturated carbocycles. The third-order valence-corrected chi connectivity index (χ3v) is 6.07. The van der Waals surface area contributed by atoms with Gasteiger partial charge < -0.3 is 14.6 Å². The molecule has 156 valence electrons. The lowest BCUT2D eigenvalue weighted by Gasteiger charge is -2.24. The molecule has 1 aromatic rings. The van der Waals surface area contributed by atoms with Crippen LogP contribution in [-0.2, 0) is 16.0 Å². The number of rotatable bonds is 9. The number of unbranched alkanes of at least 4 members (excludes halogenated alkanes) is 2. The quantitative estimate of drug-likeness (QED) is 0.295. The monoisotopic (exact) mass is 396 g/mol. The molecule has 4 heteroatoms. The van der Waals surface area contributed by atoms with Crippen LogP contribution in [0.1, 0.15) is 44.6 Å². The fraction of sp³-hybridized carbons (Fsp3) is 0.560. The summed E-state index contributed by atoms with van der Waals surface area (Å²) in [5.74, 6) is 8.66. The zero-order chi connectivity index (χ0) is 20.6. The Kier molecular flexibility index (Phi) is 7.77. The first-order chi connectivity index (χ1) is 14.1. The van der Waals surface area contributed by atoms with Gasteiger partial charge in [-0.15, -0.1) is 0 Å². The second-order valence-electron chi connectivity index (χ2n) is 8.15. The van der Waals surface area contributed by atoms with Gasteiger partial charge in [-0.25, -0.2) is 4.79 Å². The van der Waals surface area contributed by atoms with Crippen LogP contribution in [0.2, 0.25) is 0 Å². The van der Waals surface area contributed by atoms with Gasteiger partial charge in [-0.1, -0.05) is 55.9 Å². The van der Waals surface area contributed by atoms with E-state index in [2.05, 4.69) is 41.7 Å². The van der Waals surface area contributed by atoms with Gasteiger partial charge in [0.25, 0.3) is 0 Å². The fourth-order valence-corrected chi connectivity index (χ4v) is 4.50. The van der Waals surface area contributed by atoms with E-state index in [0.29, 0.717) is 29.4 Å². The number of carbonyl (C=O) groups excluding carboxylic acids is 1. The molecule has 3 rings (SSSR count). The van der Waals surface area contributed by atoms with Crippen molar-refractivity contribution in [3.05, 3.63) is 42.0 Å². The van der Waals surface area contributed by atoms with Gasteiger partial charge in [0.2, 0.25) is 0 Å². The van der Waals surface area contributed by atoms with Gasteiger partial charge in [-0.3, -0.25) is 0 Å². The molecule has 0 heterocycles. The maximum absolute atomic E-state index is 11.3. The van der Waals surface area contributed by atoms with Gasteiger partial charge in [-0.2, -0.15) is 0 Å². The van der Waals surface area contributed by atoms with Crippen LogP contribution in [0.4, 0.5) is 0 Å². The van der Waals surface area contributed by atoms with E-state index in [-0.39, 0.29) is 12.6 Å². The zero-order valence-corrected chi connectivity index (χ0v) is 17.5. The van der Waals surface area contributed by atoms with Crippen molar-refractivity contribution in [2.24, 2.45) is 23.7 Å². The van der Waals surface area contributed by atoms with E-state index in [1.165, 1.54) is 12.7 Å². The molecule has 4 nitrogen and oxygen atoms in total. The molecule has 1 fully saturated rings. The van der Waals surface area contributed by atoms with Crippen LogP contribution < -0.4 is 4.74 Å². The highest BCUT2D eigenvalue weighted by atomic mass is 16.6. The van der Waals surface area contributed by atoms with Crippen molar-refractivity contribution in [1.82, 2.24) is 0 Å². The lowest BCUT2D eigenvalue weighted by molar-refractivity contribution is -0.142. The number of aliphatic hydroxyl groups excluding tert-OH is 1. The lowest BCUT2D eigenvalue weighted by atomic mass is 9.79. The molecular formula is C25H32O4. The second kappa shape index (κ2) is 10.5. The third kappa shape index (κ3) is 5.87. The summed E-state index contributed by atoms with van der Waals surface area (Å²) in [6, 6.07) is 7.92. The number of hydrogen-bond donors (Lipinski definition) is 1. The molecule has 0 aliphatic heterocycles. The van der Waals surface area contributed by atoms with Crippen LogP contribution in [0, 0.1) is 35.5 Å². The van der Waals surface area contributed by atoms with Crippen molar-refractivity contribution >= 4 is 5.97 Å². The zero-order valence-electron chi connectivity index (χ0n) is 17.5. The molecule has 2 aliphatic carbocycles. The van der Waals surface area contributed by atoms with Crippen LogP contribution in [-0.4, -0.2) is 30.9 Å². The normalized spacial score (nSPS) is 25.3. The highest BCUT2D eigenvalue weighted by molar-refractivity contribution is 5.70. The number of fused-ring (bicyclic) bond motifs is 2. The molecular weight excluding hydrogens is 364 g/mol. The highest BCUT2D eigenvalue weighted by Crippen LogP contribution is 2.49. The second-order valence-corrected chi connectivity index (χ2v) is 8.15. The average Bonchev–Trinajstić information content (AvgIpc) is 3.33. The van der Waals surface area contributed by atoms with Crippen LogP contribution >= 0.6 is 0 Å². The maximum Gasteiger partial charge on any atom is 0.343 e. The third-order valence-electron chi connectivity index (χ3n) is 6.07. The number of carbonyl (C=O) groups is 1. The van der Waals surface area contributed by atoms with E-state index in [1.807, 2.05) is 18.2 Å². The van der Waals surface area contributed by atoms with Crippen LogP contribution in [0.15, 0.2) is 36.4 Å². The number of aliphatic hydroxyl groups is 1. The maximum atomic E-state index is 11.3. The molecule has 29 heavy (non-hydrogen) atoms. The first-order valence-electron chi connectivity index (χ1n) is 10.8. The van der Waals surface area contributed by atoms with Crippen molar-refractivity contribution in [3.63, 3.8) is 0 Å². The van der Waals surface area contributed by atoms with E-state index < -0.39 is 6.10 Å². The minimum absolute atomic E-state index is 0.0825. The van der Waals surface area contributed by atoms with Gasteiger partial charge in [-0.05, 0) is 61.1 Å². The smallest absolute Gasteiger partial charge is 0.343 e. The number of methoxy groups -OCH3 is 1. The predicted molar refractivity (Wildman–Crippen MR) is 113 cm³/mol. The molecule has 2 bridgehead atoms. The lowest BCUT2D eigenvalue weighted by Crippen LogP contribution is -2.21. The molecule has 0 aromatic heterocycles. The van der Waals surface area contributed by atoms with Crippen LogP contribution in [0.5, 0.6) is 5.75 Å². The predicted octanol–water partition coefficient (Wildman–Crippen LogP) is 4.16. The summed E-state index contributed by atoms with van der Waals surface area (Å²) in [5, 5.41) is 10.2. The van der Waals surface area contributed by atoms with Crippen molar-refractivity contribution in [1.29, 1.82) is 0 Å². The van der Waals surface area contributed by atoms with Crippen molar-refractivity contribution in [2.75, 3.05) is 13.7 Å². The molecule has 0 spiro atoms. The van der Waals surface area contributed by atoms with Gasteiger partial charge >= 0.3 is 5.97 Å². The van der Waals surface area contributed by atoms with Gasteiger partial charge in [0.1, 0.15) is 11.9 Å². The minimum Gasteiger partial charge on any atom is -0.482 e. The van der Waals surface area contributed by atoms with Gasteiger partial charge in [0.05, 0.1) is 7.11 Å². The Hall–Kier alpha value is -2.25. The van der Waals surface area contributed by atoms with Crippen LogP contribution in [0.3, 0.4) is 0 Å². The van der Waals surface area contributed by atoms with E-state index in [0.717, 1.165) is 38.5 Å². The Morgan fingerprint density at radius 1 is 1.28 bits per heavy atom. The standard InChI is InChI=1S/C25H32O4/c1-3-4-5-8-21(26)12-13-23-19-10-11-20(16-19)24(23)15-18-7-6-9-22(14-18)29-17-25(27)28-2/h6-7,9-11,14,19-21,23-24,26H,3-5,8,15-17H2,1-2H3/t19-,20+,21+,23+,24-/m1/s1. The summed E-state index contributed by atoms with van der Waals surface area (Å²) < 4.78 is 10.2. The van der Waals surface area contributed by atoms with E-state index in [4.69, 9.17) is 4.74 Å². The molecule has 0 saturated heterocycles. The van der Waals surface area contributed by atoms with Crippen molar-refractivity contribution in [2.45, 2.75) is 51.6 Å². The van der Waals surface area contributed by atoms with Gasteiger partial charge in [0.15, 0.2) is 6.61 Å². The largest absolute Gasteiger partial charge is 0.482 e. The minimum atomic E-state index is -0.514. The Morgan fingerprint density at radius 3 is 2.90 bits per heavy atom. The molecule has 1 N–H and O–H groups in total. The van der Waals surface area contributed by atoms with E-state index in [9.17, 15) is 9.90 Å². The Bertz CT molecular complexity index is 773. The highest BCUT2D eigenvalue weighted by Gasteiger charge is 2.43. The number of ether oxygens (including phenoxy) is 2. The molecule has 1 aromatic carbocycles. The molecule has 0 amide bonds. The first-order valence-corrected chi connectivity index (χ1v) is 10.8. The van der Waals surface area contributed by atoms with E-state index >= 15 is 0 Å². The SMILES string of the molecule is CCCCC[C@H](O)C#C[C@@H]1[C@H](Cc2cccc(OCC(=O)OC)c2)[C@H]2C=C[C@@H]1C2. The Labute approximate surface area is 174 Å². The molecule has 0 radical (unpaired) electrons. The summed E-state index contributed by atoms with van der Waals surface area (Å²) >= 11 is 0. The fourth-order valence-electron chi connectivity index (χ4n) is 4.50. The number of benzene rings is 1. The number of hydrogen-bond acceptors (Lipinski definition) is 4. The van der Waals surface area contributed by atoms with Crippen molar-refractivity contribution < 1.29 is 19.4 Å². The van der Waals surface area contributed by atoms with Crippen LogP contribution in [0.25, 0.3) is 0 Å².